The van der Waals surface area contributed by atoms with Crippen LogP contribution in [0.1, 0.15) is 52.0 Å². The molecule has 2 aliphatic rings. The molecule has 1 heterocycles. The molecule has 0 saturated carbocycles. The van der Waals surface area contributed by atoms with E-state index < -0.39 is 5.92 Å². The SMILES string of the molecule is CCOc1ccc(OCC)c(C2C(C#N)=C(N)N(c3ccccc3Br)C3=C2C(=O)CC(C)(C)C3)c1. The highest BCUT2D eigenvalue weighted by atomic mass is 79.9. The van der Waals surface area contributed by atoms with Crippen molar-refractivity contribution in [1.82, 2.24) is 0 Å². The number of hydrogen-bond acceptors (Lipinski definition) is 6. The van der Waals surface area contributed by atoms with Gasteiger partial charge < -0.3 is 15.2 Å². The number of halogens is 1. The van der Waals surface area contributed by atoms with Gasteiger partial charge in [0, 0.05) is 27.7 Å². The third-order valence-corrected chi connectivity index (χ3v) is 7.05. The molecule has 0 amide bonds. The van der Waals surface area contributed by atoms with Gasteiger partial charge in [-0.1, -0.05) is 26.0 Å². The van der Waals surface area contributed by atoms with Crippen molar-refractivity contribution in [2.45, 2.75) is 46.5 Å². The smallest absolute Gasteiger partial charge is 0.162 e. The standard InChI is InChI=1S/C28H30BrN3O3/c1-5-34-17-11-12-24(35-6-2)18(13-17)25-19(16-30)27(31)32(21-10-8-7-9-20(21)29)22-14-28(3,4)15-23(33)26(22)25/h7-13,25H,5-6,14-15,31H2,1-4H3. The van der Waals surface area contributed by atoms with Crippen LogP contribution in [0.3, 0.4) is 0 Å². The molecule has 0 bridgehead atoms. The summed E-state index contributed by atoms with van der Waals surface area (Å²) in [6, 6.07) is 15.6. The Morgan fingerprint density at radius 3 is 2.51 bits per heavy atom. The molecule has 4 rings (SSSR count). The maximum atomic E-state index is 13.8. The van der Waals surface area contributed by atoms with Crippen molar-refractivity contribution < 1.29 is 14.3 Å². The van der Waals surface area contributed by atoms with Crippen LogP contribution in [-0.4, -0.2) is 19.0 Å². The van der Waals surface area contributed by atoms with Crippen molar-refractivity contribution >= 4 is 27.4 Å². The molecule has 1 unspecified atom stereocenters. The lowest BCUT2D eigenvalue weighted by Gasteiger charge is -2.44. The van der Waals surface area contributed by atoms with Crippen LogP contribution >= 0.6 is 15.9 Å². The summed E-state index contributed by atoms with van der Waals surface area (Å²) in [4.78, 5) is 15.7. The maximum Gasteiger partial charge on any atom is 0.162 e. The van der Waals surface area contributed by atoms with E-state index in [1.807, 2.05) is 61.2 Å². The molecule has 0 radical (unpaired) electrons. The number of rotatable bonds is 6. The second-order valence-electron chi connectivity index (χ2n) is 9.50. The van der Waals surface area contributed by atoms with Gasteiger partial charge in [0.15, 0.2) is 5.78 Å². The summed E-state index contributed by atoms with van der Waals surface area (Å²) in [5, 5.41) is 10.4. The predicted octanol–water partition coefficient (Wildman–Crippen LogP) is 6.19. The van der Waals surface area contributed by atoms with Crippen molar-refractivity contribution in [1.29, 1.82) is 5.26 Å². The zero-order chi connectivity index (χ0) is 25.3. The van der Waals surface area contributed by atoms with E-state index in [-0.39, 0.29) is 11.2 Å². The van der Waals surface area contributed by atoms with Gasteiger partial charge in [-0.05, 0) is 71.9 Å². The number of nitrogens with two attached hydrogens (primary N) is 1. The molecule has 6 nitrogen and oxygen atoms in total. The third-order valence-electron chi connectivity index (χ3n) is 6.38. The normalized spacial score (nSPS) is 19.4. The zero-order valence-electron chi connectivity index (χ0n) is 20.5. The average molecular weight is 536 g/mol. The zero-order valence-corrected chi connectivity index (χ0v) is 22.1. The largest absolute Gasteiger partial charge is 0.494 e. The van der Waals surface area contributed by atoms with Gasteiger partial charge >= 0.3 is 0 Å². The third kappa shape index (κ3) is 4.55. The van der Waals surface area contributed by atoms with Crippen molar-refractivity contribution in [2.24, 2.45) is 11.1 Å². The average Bonchev–Trinajstić information content (AvgIpc) is 2.80. The number of carbonyl (C=O) groups is 1. The number of para-hydroxylation sites is 1. The predicted molar refractivity (Wildman–Crippen MR) is 140 cm³/mol. The second-order valence-corrected chi connectivity index (χ2v) is 10.4. The molecular formula is C28H30BrN3O3. The monoisotopic (exact) mass is 535 g/mol. The van der Waals surface area contributed by atoms with Gasteiger partial charge in [-0.25, -0.2) is 0 Å². The second kappa shape index (κ2) is 9.79. The van der Waals surface area contributed by atoms with Crippen LogP contribution in [0.25, 0.3) is 0 Å². The molecule has 0 fully saturated rings. The lowest BCUT2D eigenvalue weighted by Crippen LogP contribution is -2.42. The van der Waals surface area contributed by atoms with Crippen molar-refractivity contribution in [3.8, 4) is 17.6 Å². The topological polar surface area (TPSA) is 88.6 Å². The van der Waals surface area contributed by atoms with Crippen molar-refractivity contribution in [2.75, 3.05) is 18.1 Å². The fourth-order valence-corrected chi connectivity index (χ4v) is 5.49. The van der Waals surface area contributed by atoms with Crippen LogP contribution in [0.15, 0.2) is 69.6 Å². The lowest BCUT2D eigenvalue weighted by molar-refractivity contribution is -0.118. The van der Waals surface area contributed by atoms with E-state index in [1.54, 1.807) is 0 Å². The Kier molecular flexibility index (Phi) is 6.95. The highest BCUT2D eigenvalue weighted by Gasteiger charge is 2.45. The van der Waals surface area contributed by atoms with Gasteiger partial charge in [-0.2, -0.15) is 5.26 Å². The van der Waals surface area contributed by atoms with E-state index in [0.717, 1.165) is 15.9 Å². The summed E-state index contributed by atoms with van der Waals surface area (Å²) in [7, 11) is 0. The summed E-state index contributed by atoms with van der Waals surface area (Å²) in [5.74, 6) is 0.959. The van der Waals surface area contributed by atoms with E-state index in [4.69, 9.17) is 15.2 Å². The minimum atomic E-state index is -0.640. The number of Topliss-reactive ketones (excluding diaryl/α,β-unsaturated/α-hetero) is 1. The van der Waals surface area contributed by atoms with E-state index in [0.29, 0.717) is 60.1 Å². The molecule has 0 saturated heterocycles. The highest BCUT2D eigenvalue weighted by molar-refractivity contribution is 9.10. The first-order chi connectivity index (χ1) is 16.7. The van der Waals surface area contributed by atoms with Crippen LogP contribution in [-0.2, 0) is 4.79 Å². The lowest BCUT2D eigenvalue weighted by atomic mass is 9.68. The Labute approximate surface area is 215 Å². The molecule has 7 heteroatoms. The number of nitriles is 1. The molecule has 2 aromatic rings. The fraction of sp³-hybridized carbons (Fsp3) is 0.357. The minimum Gasteiger partial charge on any atom is -0.494 e. The molecule has 182 valence electrons. The Bertz CT molecular complexity index is 1270. The Balaban J connectivity index is 2.04. The molecule has 35 heavy (non-hydrogen) atoms. The fourth-order valence-electron chi connectivity index (χ4n) is 5.02. The van der Waals surface area contributed by atoms with E-state index in [2.05, 4.69) is 35.8 Å². The summed E-state index contributed by atoms with van der Waals surface area (Å²) in [6.07, 6.45) is 1.03. The molecule has 1 aliphatic carbocycles. The Hall–Kier alpha value is -3.24. The molecule has 0 aromatic heterocycles. The summed E-state index contributed by atoms with van der Waals surface area (Å²) in [5.41, 5.74) is 9.77. The first-order valence-corrected chi connectivity index (χ1v) is 12.6. The van der Waals surface area contributed by atoms with Crippen LogP contribution in [0.5, 0.6) is 11.5 Å². The Morgan fingerprint density at radius 2 is 1.86 bits per heavy atom. The number of carbonyl (C=O) groups excluding carboxylic acids is 1. The van der Waals surface area contributed by atoms with Crippen LogP contribution in [0.4, 0.5) is 5.69 Å². The molecular weight excluding hydrogens is 506 g/mol. The molecule has 2 N–H and O–H groups in total. The van der Waals surface area contributed by atoms with E-state index in [9.17, 15) is 10.1 Å². The Morgan fingerprint density at radius 1 is 1.14 bits per heavy atom. The van der Waals surface area contributed by atoms with Crippen LogP contribution in [0.2, 0.25) is 0 Å². The van der Waals surface area contributed by atoms with Gasteiger partial charge in [0.2, 0.25) is 0 Å². The first-order valence-electron chi connectivity index (χ1n) is 11.8. The van der Waals surface area contributed by atoms with Gasteiger partial charge in [0.05, 0.1) is 36.5 Å². The summed E-state index contributed by atoms with van der Waals surface area (Å²) in [6.45, 7) is 8.94. The van der Waals surface area contributed by atoms with Gasteiger partial charge in [-0.3, -0.25) is 9.69 Å². The quantitative estimate of drug-likeness (QED) is 0.474. The minimum absolute atomic E-state index is 0.0165. The summed E-state index contributed by atoms with van der Waals surface area (Å²) >= 11 is 3.63. The number of ketones is 1. The van der Waals surface area contributed by atoms with Gasteiger partial charge in [0.1, 0.15) is 17.3 Å². The number of hydrogen-bond donors (Lipinski definition) is 1. The van der Waals surface area contributed by atoms with Crippen molar-refractivity contribution in [3.63, 3.8) is 0 Å². The van der Waals surface area contributed by atoms with Gasteiger partial charge in [-0.15, -0.1) is 0 Å². The van der Waals surface area contributed by atoms with Crippen LogP contribution < -0.4 is 20.1 Å². The number of benzene rings is 2. The number of nitrogens with zero attached hydrogens (tertiary/aromatic N) is 2. The number of allylic oxidation sites excluding steroid dienone is 3. The molecule has 2 aromatic carbocycles. The van der Waals surface area contributed by atoms with E-state index in [1.165, 1.54) is 0 Å². The highest BCUT2D eigenvalue weighted by Crippen LogP contribution is 2.52. The van der Waals surface area contributed by atoms with Gasteiger partial charge in [0.25, 0.3) is 0 Å². The first kappa shape index (κ1) is 24.9. The number of ether oxygens (including phenoxy) is 2. The molecule has 1 atom stereocenters. The van der Waals surface area contributed by atoms with Crippen molar-refractivity contribution in [3.05, 3.63) is 75.2 Å². The number of anilines is 1. The van der Waals surface area contributed by atoms with Crippen LogP contribution in [0, 0.1) is 16.7 Å². The van der Waals surface area contributed by atoms with E-state index >= 15 is 0 Å². The maximum absolute atomic E-state index is 13.8. The molecule has 1 aliphatic heterocycles. The molecule has 0 spiro atoms. The summed E-state index contributed by atoms with van der Waals surface area (Å²) < 4.78 is 12.5.